The zero-order valence-electron chi connectivity index (χ0n) is 17.2. The van der Waals surface area contributed by atoms with Crippen LogP contribution in [0.3, 0.4) is 0 Å². The fourth-order valence-electron chi connectivity index (χ4n) is 3.21. The molecule has 2 heterocycles. The highest BCUT2D eigenvalue weighted by molar-refractivity contribution is 6.08. The molecule has 0 atom stereocenters. The Kier molecular flexibility index (Phi) is 8.31. The van der Waals surface area contributed by atoms with Gasteiger partial charge < -0.3 is 21.1 Å². The smallest absolute Gasteiger partial charge is 0.141 e. The maximum Gasteiger partial charge on any atom is 0.141 e. The summed E-state index contributed by atoms with van der Waals surface area (Å²) in [5.74, 6) is 2.06. The van der Waals surface area contributed by atoms with Crippen LogP contribution >= 0.6 is 0 Å². The van der Waals surface area contributed by atoms with E-state index in [1.807, 2.05) is 54.6 Å². The van der Waals surface area contributed by atoms with Gasteiger partial charge in [-0.15, -0.1) is 0 Å². The van der Waals surface area contributed by atoms with Gasteiger partial charge in [-0.05, 0) is 74.3 Å². The van der Waals surface area contributed by atoms with Crippen molar-refractivity contribution in [2.24, 2.45) is 10.7 Å². The number of ether oxygens (including phenoxy) is 1. The third-order valence-electron chi connectivity index (χ3n) is 4.87. The fraction of sp³-hybridized carbons (Fsp3) is 0.333. The van der Waals surface area contributed by atoms with Crippen LogP contribution in [0.25, 0.3) is 5.70 Å². The Morgan fingerprint density at radius 3 is 2.13 bits per heavy atom. The molecule has 4 N–H and O–H groups in total. The van der Waals surface area contributed by atoms with Crippen LogP contribution < -0.4 is 21.1 Å². The molecule has 0 unspecified atom stereocenters. The second-order valence-corrected chi connectivity index (χ2v) is 7.16. The van der Waals surface area contributed by atoms with Gasteiger partial charge >= 0.3 is 0 Å². The van der Waals surface area contributed by atoms with E-state index in [1.54, 1.807) is 0 Å². The number of benzene rings is 2. The van der Waals surface area contributed by atoms with Gasteiger partial charge in [-0.2, -0.15) is 5.26 Å². The van der Waals surface area contributed by atoms with Crippen molar-refractivity contribution in [3.05, 3.63) is 65.7 Å². The van der Waals surface area contributed by atoms with Crippen LogP contribution in [0.1, 0.15) is 31.2 Å². The lowest BCUT2D eigenvalue weighted by molar-refractivity contribution is 0.482. The zero-order chi connectivity index (χ0) is 21.0. The third kappa shape index (κ3) is 6.36. The number of nitriles is 1. The molecule has 6 nitrogen and oxygen atoms in total. The van der Waals surface area contributed by atoms with E-state index in [0.717, 1.165) is 24.3 Å². The fourth-order valence-corrected chi connectivity index (χ4v) is 3.21. The summed E-state index contributed by atoms with van der Waals surface area (Å²) in [7, 11) is 0. The summed E-state index contributed by atoms with van der Waals surface area (Å²) in [6.45, 7) is 4.02. The predicted octanol–water partition coefficient (Wildman–Crippen LogP) is 3.82. The monoisotopic (exact) mass is 403 g/mol. The van der Waals surface area contributed by atoms with Gasteiger partial charge in [0.1, 0.15) is 29.0 Å². The predicted molar refractivity (Wildman–Crippen MR) is 121 cm³/mol. The molecule has 0 saturated carbocycles. The number of hydrogen-bond acceptors (Lipinski definition) is 6. The SMILES string of the molecule is C1CCNCC1.N#C/C(C1=NCCCN1)=C(/N)c1ccc(Oc2ccccc2)cc1. The van der Waals surface area contributed by atoms with Crippen LogP contribution in [0, 0.1) is 11.3 Å². The van der Waals surface area contributed by atoms with E-state index in [9.17, 15) is 5.26 Å². The van der Waals surface area contributed by atoms with Gasteiger partial charge in [0, 0.05) is 13.1 Å². The van der Waals surface area contributed by atoms with Crippen molar-refractivity contribution >= 4 is 11.5 Å². The molecular formula is C24H29N5O. The summed E-state index contributed by atoms with van der Waals surface area (Å²) >= 11 is 0. The second kappa shape index (κ2) is 11.6. The number of piperidine rings is 1. The van der Waals surface area contributed by atoms with Gasteiger partial charge in [0.25, 0.3) is 0 Å². The molecule has 2 aliphatic heterocycles. The normalized spacial score (nSPS) is 16.6. The standard InChI is InChI=1S/C19H18N4O.C5H11N/c20-13-17(19-22-11-4-12-23-19)18(21)14-7-9-16(10-8-14)24-15-5-2-1-3-6-15;1-2-4-6-5-3-1/h1-3,5-10H,4,11-12,21H2,(H,22,23);6H,1-5H2/b18-17-;. The summed E-state index contributed by atoms with van der Waals surface area (Å²) in [5, 5.41) is 15.8. The van der Waals surface area contributed by atoms with Crippen molar-refractivity contribution in [1.82, 2.24) is 10.6 Å². The molecule has 0 bridgehead atoms. The van der Waals surface area contributed by atoms with E-state index in [4.69, 9.17) is 10.5 Å². The van der Waals surface area contributed by atoms with E-state index >= 15 is 0 Å². The number of aliphatic imine (C=N–C) groups is 1. The first-order valence-corrected chi connectivity index (χ1v) is 10.5. The Bertz CT molecular complexity index is 882. The molecule has 0 spiro atoms. The Balaban J connectivity index is 0.000000367. The lowest BCUT2D eigenvalue weighted by Crippen LogP contribution is -2.31. The van der Waals surface area contributed by atoms with Crippen molar-refractivity contribution in [2.75, 3.05) is 26.2 Å². The lowest BCUT2D eigenvalue weighted by Gasteiger charge is -2.15. The topological polar surface area (TPSA) is 95.5 Å². The maximum atomic E-state index is 9.43. The molecular weight excluding hydrogens is 374 g/mol. The number of nitrogens with zero attached hydrogens (tertiary/aromatic N) is 2. The molecule has 4 rings (SSSR count). The van der Waals surface area contributed by atoms with E-state index in [0.29, 0.717) is 29.4 Å². The zero-order valence-corrected chi connectivity index (χ0v) is 17.2. The van der Waals surface area contributed by atoms with Crippen molar-refractivity contribution < 1.29 is 4.74 Å². The average Bonchev–Trinajstić information content (AvgIpc) is 2.83. The Labute approximate surface area is 178 Å². The summed E-state index contributed by atoms with van der Waals surface area (Å²) in [6, 6.07) is 19.1. The number of para-hydroxylation sites is 1. The van der Waals surface area contributed by atoms with E-state index in [1.165, 1.54) is 32.4 Å². The summed E-state index contributed by atoms with van der Waals surface area (Å²) in [6.07, 6.45) is 5.18. The number of nitrogens with two attached hydrogens (primary N) is 1. The van der Waals surface area contributed by atoms with Crippen LogP contribution in [-0.4, -0.2) is 32.0 Å². The summed E-state index contributed by atoms with van der Waals surface area (Å²) in [5.41, 5.74) is 7.74. The highest BCUT2D eigenvalue weighted by atomic mass is 16.5. The summed E-state index contributed by atoms with van der Waals surface area (Å²) < 4.78 is 5.76. The van der Waals surface area contributed by atoms with Crippen LogP contribution in [-0.2, 0) is 0 Å². The third-order valence-corrected chi connectivity index (χ3v) is 4.87. The second-order valence-electron chi connectivity index (χ2n) is 7.16. The first kappa shape index (κ1) is 21.4. The first-order chi connectivity index (χ1) is 14.8. The van der Waals surface area contributed by atoms with Gasteiger partial charge in [0.2, 0.25) is 0 Å². The van der Waals surface area contributed by atoms with E-state index in [2.05, 4.69) is 21.7 Å². The molecule has 156 valence electrons. The van der Waals surface area contributed by atoms with Gasteiger partial charge in [-0.25, -0.2) is 0 Å². The molecule has 2 aliphatic rings. The van der Waals surface area contributed by atoms with Gasteiger partial charge in [0.05, 0.1) is 5.70 Å². The highest BCUT2D eigenvalue weighted by Gasteiger charge is 2.14. The lowest BCUT2D eigenvalue weighted by atomic mass is 10.1. The molecule has 0 radical (unpaired) electrons. The van der Waals surface area contributed by atoms with E-state index in [-0.39, 0.29) is 0 Å². The minimum absolute atomic E-state index is 0.381. The Hall–Kier alpha value is -3.30. The van der Waals surface area contributed by atoms with Crippen molar-refractivity contribution in [3.63, 3.8) is 0 Å². The molecule has 1 fully saturated rings. The molecule has 0 aliphatic carbocycles. The Morgan fingerprint density at radius 2 is 1.60 bits per heavy atom. The first-order valence-electron chi connectivity index (χ1n) is 10.5. The molecule has 6 heteroatoms. The van der Waals surface area contributed by atoms with Gasteiger partial charge in [-0.3, -0.25) is 4.99 Å². The average molecular weight is 404 g/mol. The van der Waals surface area contributed by atoms with E-state index < -0.39 is 0 Å². The Morgan fingerprint density at radius 1 is 0.900 bits per heavy atom. The highest BCUT2D eigenvalue weighted by Crippen LogP contribution is 2.23. The van der Waals surface area contributed by atoms with Crippen LogP contribution in [0.2, 0.25) is 0 Å². The van der Waals surface area contributed by atoms with Crippen LogP contribution in [0.4, 0.5) is 0 Å². The quantitative estimate of drug-likeness (QED) is 0.675. The maximum absolute atomic E-state index is 9.43. The number of rotatable bonds is 4. The largest absolute Gasteiger partial charge is 0.457 e. The minimum atomic E-state index is 0.381. The van der Waals surface area contributed by atoms with Crippen molar-refractivity contribution in [2.45, 2.75) is 25.7 Å². The van der Waals surface area contributed by atoms with Crippen molar-refractivity contribution in [1.29, 1.82) is 5.26 Å². The number of hydrogen-bond donors (Lipinski definition) is 3. The summed E-state index contributed by atoms with van der Waals surface area (Å²) in [4.78, 5) is 4.34. The molecule has 0 amide bonds. The molecule has 0 aromatic heterocycles. The van der Waals surface area contributed by atoms with Gasteiger partial charge in [-0.1, -0.05) is 24.6 Å². The molecule has 2 aromatic rings. The molecule has 2 aromatic carbocycles. The molecule has 30 heavy (non-hydrogen) atoms. The van der Waals surface area contributed by atoms with Crippen LogP contribution in [0.15, 0.2) is 65.2 Å². The number of nitrogens with one attached hydrogen (secondary N) is 2. The van der Waals surface area contributed by atoms with Gasteiger partial charge in [0.15, 0.2) is 0 Å². The minimum Gasteiger partial charge on any atom is -0.457 e. The number of amidine groups is 1. The molecule has 1 saturated heterocycles. The van der Waals surface area contributed by atoms with Crippen molar-refractivity contribution in [3.8, 4) is 17.6 Å². The van der Waals surface area contributed by atoms with Crippen LogP contribution in [0.5, 0.6) is 11.5 Å².